The molecule has 0 atom stereocenters. The lowest BCUT2D eigenvalue weighted by molar-refractivity contribution is 0.476. The van der Waals surface area contributed by atoms with Crippen molar-refractivity contribution in [1.82, 2.24) is 4.72 Å². The number of hydrogen-bond acceptors (Lipinski definition) is 4. The van der Waals surface area contributed by atoms with Crippen LogP contribution in [0.2, 0.25) is 0 Å². The predicted octanol–water partition coefficient (Wildman–Crippen LogP) is 1.83. The maximum absolute atomic E-state index is 13.3. The molecule has 1 aromatic rings. The van der Waals surface area contributed by atoms with Gasteiger partial charge in [0.1, 0.15) is 5.82 Å². The van der Waals surface area contributed by atoms with Crippen molar-refractivity contribution in [2.24, 2.45) is 5.92 Å². The lowest BCUT2D eigenvalue weighted by Gasteiger charge is -2.21. The van der Waals surface area contributed by atoms with Gasteiger partial charge in [-0.2, -0.15) is 11.8 Å². The van der Waals surface area contributed by atoms with Gasteiger partial charge < -0.3 is 5.73 Å². The fourth-order valence-electron chi connectivity index (χ4n) is 1.94. The number of benzene rings is 1. The van der Waals surface area contributed by atoms with Crippen molar-refractivity contribution >= 4 is 27.5 Å². The highest BCUT2D eigenvalue weighted by Gasteiger charge is 2.19. The van der Waals surface area contributed by atoms with Gasteiger partial charge in [-0.3, -0.25) is 0 Å². The van der Waals surface area contributed by atoms with E-state index >= 15 is 0 Å². The minimum atomic E-state index is -3.65. The highest BCUT2D eigenvalue weighted by molar-refractivity contribution is 7.99. The summed E-state index contributed by atoms with van der Waals surface area (Å²) >= 11 is 1.89. The topological polar surface area (TPSA) is 72.2 Å². The van der Waals surface area contributed by atoms with Crippen LogP contribution in [-0.2, 0) is 10.0 Å². The SMILES string of the molecule is Nc1ccc(S(=O)(=O)NCC2CCSCC2)cc1F. The summed E-state index contributed by atoms with van der Waals surface area (Å²) in [4.78, 5) is -0.0793. The van der Waals surface area contributed by atoms with Gasteiger partial charge in [0.2, 0.25) is 10.0 Å². The van der Waals surface area contributed by atoms with Crippen LogP contribution in [0.25, 0.3) is 0 Å². The lowest BCUT2D eigenvalue weighted by atomic mass is 10.0. The summed E-state index contributed by atoms with van der Waals surface area (Å²) in [6, 6.07) is 3.53. The van der Waals surface area contributed by atoms with E-state index in [-0.39, 0.29) is 10.6 Å². The zero-order valence-corrected chi connectivity index (χ0v) is 12.1. The summed E-state index contributed by atoms with van der Waals surface area (Å²) in [5.74, 6) is 1.80. The van der Waals surface area contributed by atoms with E-state index in [2.05, 4.69) is 4.72 Å². The van der Waals surface area contributed by atoms with Crippen LogP contribution in [-0.4, -0.2) is 26.5 Å². The van der Waals surface area contributed by atoms with Gasteiger partial charge in [-0.05, 0) is 48.5 Å². The fraction of sp³-hybridized carbons (Fsp3) is 0.500. The molecule has 0 aliphatic carbocycles. The molecule has 1 heterocycles. The Morgan fingerprint density at radius 1 is 1.37 bits per heavy atom. The molecule has 1 fully saturated rings. The number of hydrogen-bond donors (Lipinski definition) is 2. The van der Waals surface area contributed by atoms with E-state index in [1.54, 1.807) is 0 Å². The smallest absolute Gasteiger partial charge is 0.240 e. The molecule has 1 saturated heterocycles. The first kappa shape index (κ1) is 14.6. The highest BCUT2D eigenvalue weighted by Crippen LogP contribution is 2.23. The normalized spacial score (nSPS) is 17.5. The zero-order valence-electron chi connectivity index (χ0n) is 10.4. The van der Waals surface area contributed by atoms with Crippen molar-refractivity contribution < 1.29 is 12.8 Å². The van der Waals surface area contributed by atoms with E-state index in [0.29, 0.717) is 12.5 Å². The van der Waals surface area contributed by atoms with E-state index in [1.807, 2.05) is 11.8 Å². The zero-order chi connectivity index (χ0) is 13.9. The maximum atomic E-state index is 13.3. The van der Waals surface area contributed by atoms with E-state index in [9.17, 15) is 12.8 Å². The van der Waals surface area contributed by atoms with Crippen LogP contribution in [0, 0.1) is 11.7 Å². The number of anilines is 1. The molecule has 106 valence electrons. The molecular formula is C12H17FN2O2S2. The number of nitrogen functional groups attached to an aromatic ring is 1. The van der Waals surface area contributed by atoms with Crippen molar-refractivity contribution in [3.05, 3.63) is 24.0 Å². The number of halogens is 1. The molecule has 2 rings (SSSR count). The molecule has 1 aliphatic heterocycles. The molecular weight excluding hydrogens is 287 g/mol. The van der Waals surface area contributed by atoms with Crippen LogP contribution in [0.4, 0.5) is 10.1 Å². The average Bonchev–Trinajstić information content (AvgIpc) is 2.41. The molecule has 0 spiro atoms. The van der Waals surface area contributed by atoms with Crippen LogP contribution in [0.15, 0.2) is 23.1 Å². The van der Waals surface area contributed by atoms with Gasteiger partial charge in [-0.25, -0.2) is 17.5 Å². The van der Waals surface area contributed by atoms with Crippen LogP contribution >= 0.6 is 11.8 Å². The molecule has 0 amide bonds. The van der Waals surface area contributed by atoms with E-state index in [4.69, 9.17) is 5.73 Å². The Hall–Kier alpha value is -0.790. The average molecular weight is 304 g/mol. The van der Waals surface area contributed by atoms with Gasteiger partial charge in [-0.1, -0.05) is 0 Å². The molecule has 1 aromatic carbocycles. The molecule has 7 heteroatoms. The second-order valence-corrected chi connectivity index (χ2v) is 7.58. The van der Waals surface area contributed by atoms with E-state index in [1.165, 1.54) is 12.1 Å². The second kappa shape index (κ2) is 6.11. The fourth-order valence-corrected chi connectivity index (χ4v) is 4.27. The lowest BCUT2D eigenvalue weighted by Crippen LogP contribution is -2.31. The third-order valence-corrected chi connectivity index (χ3v) is 5.66. The molecule has 19 heavy (non-hydrogen) atoms. The molecule has 4 nitrogen and oxygen atoms in total. The maximum Gasteiger partial charge on any atom is 0.240 e. The van der Waals surface area contributed by atoms with Gasteiger partial charge in [0.05, 0.1) is 10.6 Å². The largest absolute Gasteiger partial charge is 0.396 e. The molecule has 0 aromatic heterocycles. The van der Waals surface area contributed by atoms with Crippen LogP contribution < -0.4 is 10.5 Å². The van der Waals surface area contributed by atoms with Crippen molar-refractivity contribution in [1.29, 1.82) is 0 Å². The molecule has 1 aliphatic rings. The third-order valence-electron chi connectivity index (χ3n) is 3.19. The van der Waals surface area contributed by atoms with Crippen molar-refractivity contribution in [3.8, 4) is 0 Å². The molecule has 0 bridgehead atoms. The highest BCUT2D eigenvalue weighted by atomic mass is 32.2. The van der Waals surface area contributed by atoms with Crippen molar-refractivity contribution in [2.75, 3.05) is 23.8 Å². The van der Waals surface area contributed by atoms with Crippen LogP contribution in [0.3, 0.4) is 0 Å². The van der Waals surface area contributed by atoms with Crippen LogP contribution in [0.1, 0.15) is 12.8 Å². The predicted molar refractivity (Wildman–Crippen MR) is 76.0 cm³/mol. The van der Waals surface area contributed by atoms with Gasteiger partial charge in [0.15, 0.2) is 0 Å². The summed E-state index contributed by atoms with van der Waals surface area (Å²) in [6.45, 7) is 0.412. The number of nitrogens with two attached hydrogens (primary N) is 1. The van der Waals surface area contributed by atoms with Crippen LogP contribution in [0.5, 0.6) is 0 Å². The molecule has 0 unspecified atom stereocenters. The summed E-state index contributed by atoms with van der Waals surface area (Å²) < 4.78 is 39.9. The standard InChI is InChI=1S/C12H17FN2O2S2/c13-11-7-10(1-2-12(11)14)19(16,17)15-8-9-3-5-18-6-4-9/h1-2,7,9,15H,3-6,8,14H2. The third kappa shape index (κ3) is 3.84. The molecule has 3 N–H and O–H groups in total. The quantitative estimate of drug-likeness (QED) is 0.833. The first-order valence-electron chi connectivity index (χ1n) is 6.11. The Labute approximate surface area is 117 Å². The number of sulfonamides is 1. The number of nitrogens with one attached hydrogen (secondary N) is 1. The first-order chi connectivity index (χ1) is 8.99. The minimum Gasteiger partial charge on any atom is -0.396 e. The summed E-state index contributed by atoms with van der Waals surface area (Å²) in [7, 11) is -3.65. The second-order valence-electron chi connectivity index (χ2n) is 4.59. The first-order valence-corrected chi connectivity index (χ1v) is 8.75. The van der Waals surface area contributed by atoms with Gasteiger partial charge in [-0.15, -0.1) is 0 Å². The molecule has 0 radical (unpaired) electrons. The Kier molecular flexibility index (Phi) is 4.70. The Morgan fingerprint density at radius 3 is 2.68 bits per heavy atom. The van der Waals surface area contributed by atoms with E-state index < -0.39 is 15.8 Å². The number of thioether (sulfide) groups is 1. The number of rotatable bonds is 4. The summed E-state index contributed by atoms with van der Waals surface area (Å²) in [6.07, 6.45) is 2.03. The minimum absolute atomic E-state index is 0.0525. The van der Waals surface area contributed by atoms with Crippen molar-refractivity contribution in [3.63, 3.8) is 0 Å². The van der Waals surface area contributed by atoms with Gasteiger partial charge in [0, 0.05) is 6.54 Å². The summed E-state index contributed by atoms with van der Waals surface area (Å²) in [5.41, 5.74) is 5.28. The Morgan fingerprint density at radius 2 is 2.05 bits per heavy atom. The van der Waals surface area contributed by atoms with Crippen molar-refractivity contribution in [2.45, 2.75) is 17.7 Å². The Balaban J connectivity index is 2.02. The summed E-state index contributed by atoms with van der Waals surface area (Å²) in [5, 5.41) is 0. The Bertz CT molecular complexity index is 543. The molecule has 0 saturated carbocycles. The van der Waals surface area contributed by atoms with E-state index in [0.717, 1.165) is 30.4 Å². The van der Waals surface area contributed by atoms with Gasteiger partial charge in [0.25, 0.3) is 0 Å². The monoisotopic (exact) mass is 304 g/mol. The van der Waals surface area contributed by atoms with Gasteiger partial charge >= 0.3 is 0 Å².